The maximum Gasteiger partial charge on any atom is 0.220 e. The van der Waals surface area contributed by atoms with E-state index in [1.165, 1.54) is 24.3 Å². The molecule has 0 bridgehead atoms. The van der Waals surface area contributed by atoms with Crippen LogP contribution in [0.2, 0.25) is 5.02 Å². The zero-order chi connectivity index (χ0) is 20.6. The van der Waals surface area contributed by atoms with Crippen molar-refractivity contribution in [2.75, 3.05) is 4.90 Å². The van der Waals surface area contributed by atoms with Gasteiger partial charge >= 0.3 is 0 Å². The number of rotatable bonds is 3. The summed E-state index contributed by atoms with van der Waals surface area (Å²) >= 11 is 6.21. The van der Waals surface area contributed by atoms with Crippen LogP contribution in [-0.2, 0) is 0 Å². The Bertz CT molecular complexity index is 1010. The largest absolute Gasteiger partial charge is 0.369 e. The first-order valence-electron chi connectivity index (χ1n) is 9.49. The molecule has 1 heterocycles. The zero-order valence-corrected chi connectivity index (χ0v) is 16.5. The maximum absolute atomic E-state index is 13.3. The van der Waals surface area contributed by atoms with Crippen molar-refractivity contribution in [1.82, 2.24) is 0 Å². The van der Waals surface area contributed by atoms with Crippen LogP contribution < -0.4 is 16.4 Å². The molecule has 2 aliphatic rings. The van der Waals surface area contributed by atoms with Crippen LogP contribution in [0.25, 0.3) is 0 Å². The van der Waals surface area contributed by atoms with Gasteiger partial charge in [0.05, 0.1) is 5.69 Å². The number of benzene rings is 2. The normalized spacial score (nSPS) is 18.3. The van der Waals surface area contributed by atoms with E-state index in [1.54, 1.807) is 23.1 Å². The Labute approximate surface area is 173 Å². The van der Waals surface area contributed by atoms with Crippen molar-refractivity contribution in [3.8, 4) is 0 Å². The minimum atomic E-state index is -0.681. The number of halogens is 2. The molecule has 0 radical (unpaired) electrons. The van der Waals surface area contributed by atoms with Gasteiger partial charge < -0.3 is 11.5 Å². The third-order valence-electron chi connectivity index (χ3n) is 5.40. The van der Waals surface area contributed by atoms with E-state index in [0.717, 1.165) is 32.1 Å². The summed E-state index contributed by atoms with van der Waals surface area (Å²) < 4.78 is 13.3. The Hall–Kier alpha value is -2.93. The molecule has 1 saturated carbocycles. The maximum atomic E-state index is 13.3. The summed E-state index contributed by atoms with van der Waals surface area (Å²) in [5.74, 6) is -0.370. The van der Waals surface area contributed by atoms with Gasteiger partial charge in [0.25, 0.3) is 0 Å². The van der Waals surface area contributed by atoms with Crippen LogP contribution in [0.1, 0.15) is 48.0 Å². The van der Waals surface area contributed by atoms with Gasteiger partial charge in [0.2, 0.25) is 11.9 Å². The molecule has 4 N–H and O–H groups in total. The summed E-state index contributed by atoms with van der Waals surface area (Å²) in [5.41, 5.74) is 12.8. The first-order chi connectivity index (χ1) is 13.9. The summed E-state index contributed by atoms with van der Waals surface area (Å²) in [7, 11) is 0. The van der Waals surface area contributed by atoms with E-state index in [1.807, 2.05) is 0 Å². The fraction of sp³-hybridized carbons (Fsp3) is 0.286. The molecule has 1 aliphatic carbocycles. The van der Waals surface area contributed by atoms with Crippen molar-refractivity contribution in [3.05, 3.63) is 64.4 Å². The van der Waals surface area contributed by atoms with Crippen molar-refractivity contribution in [1.29, 1.82) is 0 Å². The Kier molecular flexibility index (Phi) is 5.00. The number of nitrogens with zero attached hydrogens (tertiary/aromatic N) is 3. The topological polar surface area (TPSA) is 97.1 Å². The molecule has 0 saturated heterocycles. The first kappa shape index (κ1) is 19.4. The lowest BCUT2D eigenvalue weighted by atomic mass is 9.86. The molecule has 6 nitrogen and oxygen atoms in total. The predicted molar refractivity (Wildman–Crippen MR) is 113 cm³/mol. The molecule has 150 valence electrons. The molecule has 1 fully saturated rings. The van der Waals surface area contributed by atoms with Gasteiger partial charge in [-0.2, -0.15) is 4.99 Å². The van der Waals surface area contributed by atoms with Gasteiger partial charge in [0, 0.05) is 16.1 Å². The third-order valence-corrected chi connectivity index (χ3v) is 5.64. The Morgan fingerprint density at radius 1 is 1.07 bits per heavy atom. The van der Waals surface area contributed by atoms with Gasteiger partial charge in [-0.05, 0) is 68.1 Å². The summed E-state index contributed by atoms with van der Waals surface area (Å²) in [6, 6.07) is 10.4. The number of carbonyl (C=O) groups is 1. The second-order valence-corrected chi connectivity index (χ2v) is 7.75. The first-order valence-corrected chi connectivity index (χ1v) is 9.87. The van der Waals surface area contributed by atoms with Crippen LogP contribution in [0, 0.1) is 5.82 Å². The van der Waals surface area contributed by atoms with Crippen molar-refractivity contribution >= 4 is 35.0 Å². The SMILES string of the molecule is NC1=NC2(CCCCC2)N(c2ccc(Cl)cc2C(=O)c2ccc(F)cc2)C(N)=N1. The van der Waals surface area contributed by atoms with Crippen molar-refractivity contribution in [2.45, 2.75) is 37.8 Å². The van der Waals surface area contributed by atoms with Crippen molar-refractivity contribution in [3.63, 3.8) is 0 Å². The fourth-order valence-corrected chi connectivity index (χ4v) is 4.28. The highest BCUT2D eigenvalue weighted by Gasteiger charge is 2.43. The van der Waals surface area contributed by atoms with Crippen molar-refractivity contribution < 1.29 is 9.18 Å². The Morgan fingerprint density at radius 2 is 1.76 bits per heavy atom. The van der Waals surface area contributed by atoms with E-state index in [-0.39, 0.29) is 17.7 Å². The smallest absolute Gasteiger partial charge is 0.220 e. The molecular formula is C21H21ClFN5O. The number of ketones is 1. The van der Waals surface area contributed by atoms with Crippen LogP contribution in [-0.4, -0.2) is 23.4 Å². The highest BCUT2D eigenvalue weighted by Crippen LogP contribution is 2.41. The van der Waals surface area contributed by atoms with Gasteiger partial charge in [-0.25, -0.2) is 9.38 Å². The minimum absolute atomic E-state index is 0.140. The number of aliphatic imine (C=N–C) groups is 2. The third kappa shape index (κ3) is 3.58. The van der Waals surface area contributed by atoms with Crippen LogP contribution in [0.5, 0.6) is 0 Å². The van der Waals surface area contributed by atoms with Gasteiger partial charge in [0.1, 0.15) is 11.5 Å². The lowest BCUT2D eigenvalue weighted by molar-refractivity contribution is 0.103. The fourth-order valence-electron chi connectivity index (χ4n) is 4.11. The minimum Gasteiger partial charge on any atom is -0.369 e. The van der Waals surface area contributed by atoms with Crippen LogP contribution in [0.3, 0.4) is 0 Å². The summed E-state index contributed by atoms with van der Waals surface area (Å²) in [5, 5.41) is 0.410. The van der Waals surface area contributed by atoms with E-state index >= 15 is 0 Å². The standard InChI is InChI=1S/C21H21ClFN5O/c22-14-6-9-17(16(12-14)18(29)13-4-7-15(23)8-5-13)28-20(25)26-19(24)27-21(28)10-2-1-3-11-21/h4-9,12H,1-3,10-11H2,(H4,24,25,26,27). The number of anilines is 1. The molecule has 8 heteroatoms. The average molecular weight is 414 g/mol. The molecule has 0 unspecified atom stereocenters. The van der Waals surface area contributed by atoms with Crippen LogP contribution in [0.4, 0.5) is 10.1 Å². The number of guanidine groups is 2. The van der Waals surface area contributed by atoms with E-state index < -0.39 is 11.5 Å². The molecule has 1 aliphatic heterocycles. The summed E-state index contributed by atoms with van der Waals surface area (Å²) in [4.78, 5) is 23.9. The molecule has 0 atom stereocenters. The zero-order valence-electron chi connectivity index (χ0n) is 15.7. The number of nitrogens with two attached hydrogens (primary N) is 2. The number of hydrogen-bond donors (Lipinski definition) is 2. The van der Waals surface area contributed by atoms with Gasteiger partial charge in [0.15, 0.2) is 5.78 Å². The number of hydrogen-bond acceptors (Lipinski definition) is 6. The molecule has 0 amide bonds. The van der Waals surface area contributed by atoms with E-state index in [2.05, 4.69) is 9.98 Å². The van der Waals surface area contributed by atoms with Crippen LogP contribution in [0.15, 0.2) is 52.4 Å². The average Bonchev–Trinajstić information content (AvgIpc) is 2.69. The Morgan fingerprint density at radius 3 is 2.45 bits per heavy atom. The highest BCUT2D eigenvalue weighted by atomic mass is 35.5. The quantitative estimate of drug-likeness (QED) is 0.747. The molecule has 0 aromatic heterocycles. The molecule has 2 aromatic rings. The van der Waals surface area contributed by atoms with E-state index in [4.69, 9.17) is 23.1 Å². The molecular weight excluding hydrogens is 393 g/mol. The van der Waals surface area contributed by atoms with Crippen molar-refractivity contribution in [2.24, 2.45) is 21.5 Å². The monoisotopic (exact) mass is 413 g/mol. The summed E-state index contributed by atoms with van der Waals surface area (Å²) in [6.07, 6.45) is 4.53. The molecule has 1 spiro atoms. The van der Waals surface area contributed by atoms with Gasteiger partial charge in [-0.1, -0.05) is 18.0 Å². The van der Waals surface area contributed by atoms with Crippen LogP contribution >= 0.6 is 11.6 Å². The van der Waals surface area contributed by atoms with E-state index in [0.29, 0.717) is 21.8 Å². The number of carbonyl (C=O) groups excluding carboxylic acids is 1. The molecule has 2 aromatic carbocycles. The van der Waals surface area contributed by atoms with Gasteiger partial charge in [-0.15, -0.1) is 0 Å². The highest BCUT2D eigenvalue weighted by molar-refractivity contribution is 6.31. The summed E-state index contributed by atoms with van der Waals surface area (Å²) in [6.45, 7) is 0. The van der Waals surface area contributed by atoms with E-state index in [9.17, 15) is 9.18 Å². The second-order valence-electron chi connectivity index (χ2n) is 7.32. The molecule has 4 rings (SSSR count). The second kappa shape index (κ2) is 7.48. The Balaban J connectivity index is 1.85. The molecule has 29 heavy (non-hydrogen) atoms. The lowest BCUT2D eigenvalue weighted by Gasteiger charge is -2.46. The van der Waals surface area contributed by atoms with Gasteiger partial charge in [-0.3, -0.25) is 9.69 Å². The predicted octanol–water partition coefficient (Wildman–Crippen LogP) is 3.82. The lowest BCUT2D eigenvalue weighted by Crippen LogP contribution is -2.58.